The lowest BCUT2D eigenvalue weighted by atomic mass is 10.0. The van der Waals surface area contributed by atoms with Crippen molar-refractivity contribution in [1.29, 1.82) is 0 Å². The Morgan fingerprint density at radius 1 is 0.978 bits per heavy atom. The molecule has 1 fully saturated rings. The Morgan fingerprint density at radius 2 is 1.73 bits per heavy atom. The fourth-order valence-corrected chi connectivity index (χ4v) is 5.40. The van der Waals surface area contributed by atoms with E-state index in [0.29, 0.717) is 63.9 Å². The van der Waals surface area contributed by atoms with Gasteiger partial charge in [-0.15, -0.1) is 0 Å². The Labute approximate surface area is 265 Å². The van der Waals surface area contributed by atoms with Crippen LogP contribution >= 0.6 is 12.2 Å². The second kappa shape index (κ2) is 15.3. The number of aromatic nitrogens is 1. The number of benzene rings is 3. The third-order valence-corrected chi connectivity index (χ3v) is 7.61. The summed E-state index contributed by atoms with van der Waals surface area (Å²) in [6, 6.07) is 15.3. The molecule has 3 aromatic carbocycles. The Hall–Kier alpha value is -4.03. The monoisotopic (exact) mass is 636 g/mol. The van der Waals surface area contributed by atoms with E-state index >= 15 is 4.39 Å². The number of carbonyl (C=O) groups excluding carboxylic acids is 1. The van der Waals surface area contributed by atoms with Crippen molar-refractivity contribution in [2.75, 3.05) is 46.6 Å². The molecule has 0 bridgehead atoms. The number of carbonyl (C=O) groups is 1. The molecule has 1 unspecified atom stereocenters. The average Bonchev–Trinajstić information content (AvgIpc) is 3.02. The van der Waals surface area contributed by atoms with Gasteiger partial charge in [0.1, 0.15) is 30.1 Å². The van der Waals surface area contributed by atoms with Gasteiger partial charge in [0, 0.05) is 61.4 Å². The van der Waals surface area contributed by atoms with E-state index in [4.69, 9.17) is 31.2 Å². The number of ether oxygens (including phenoxy) is 4. The number of rotatable bonds is 14. The van der Waals surface area contributed by atoms with Crippen molar-refractivity contribution in [3.8, 4) is 23.0 Å². The van der Waals surface area contributed by atoms with Crippen LogP contribution in [0, 0.1) is 11.6 Å². The molecule has 1 aliphatic rings. The van der Waals surface area contributed by atoms with Crippen LogP contribution in [0.4, 0.5) is 8.78 Å². The maximum atomic E-state index is 15.2. The van der Waals surface area contributed by atoms with Crippen molar-refractivity contribution >= 4 is 33.8 Å². The van der Waals surface area contributed by atoms with Crippen LogP contribution in [0.3, 0.4) is 0 Å². The molecule has 1 N–H and O–H groups in total. The second-order valence-electron chi connectivity index (χ2n) is 10.8. The summed E-state index contributed by atoms with van der Waals surface area (Å²) < 4.78 is 51.0. The Bertz CT molecular complexity index is 1650. The first-order chi connectivity index (χ1) is 21.8. The number of halogens is 2. The number of β-amino-alcohol motifs (C(OH)–C–C–N with tert-alkyl or cyclic N) is 1. The first-order valence-electron chi connectivity index (χ1n) is 14.6. The smallest absolute Gasteiger partial charge is 0.166 e. The highest BCUT2D eigenvalue weighted by atomic mass is 32.1. The molecule has 1 atom stereocenters. The molecule has 8 nitrogen and oxygen atoms in total. The van der Waals surface area contributed by atoms with Gasteiger partial charge in [0.25, 0.3) is 0 Å². The lowest BCUT2D eigenvalue weighted by Gasteiger charge is -2.28. The van der Waals surface area contributed by atoms with Gasteiger partial charge in [-0.25, -0.2) is 8.78 Å². The number of aliphatic hydroxyl groups is 1. The van der Waals surface area contributed by atoms with E-state index in [1.807, 2.05) is 0 Å². The minimum atomic E-state index is -0.701. The van der Waals surface area contributed by atoms with E-state index in [1.165, 1.54) is 31.4 Å². The topological polar surface area (TPSA) is 90.4 Å². The molecule has 1 saturated heterocycles. The number of aliphatic hydroxyl groups excluding tert-OH is 1. The minimum absolute atomic E-state index is 0.00934. The number of morpholine rings is 1. The number of thiocarbonyl (C=S) groups is 1. The molecule has 4 aromatic rings. The number of pyridine rings is 1. The quantitative estimate of drug-likeness (QED) is 0.180. The summed E-state index contributed by atoms with van der Waals surface area (Å²) in [4.78, 5) is 19.4. The van der Waals surface area contributed by atoms with E-state index < -0.39 is 11.9 Å². The maximum absolute atomic E-state index is 15.2. The van der Waals surface area contributed by atoms with E-state index in [-0.39, 0.29) is 43.2 Å². The van der Waals surface area contributed by atoms with Gasteiger partial charge in [0.15, 0.2) is 23.1 Å². The molecular formula is C34H34F2N2O6S. The van der Waals surface area contributed by atoms with Crippen molar-refractivity contribution in [3.63, 3.8) is 0 Å². The van der Waals surface area contributed by atoms with Crippen LogP contribution in [-0.2, 0) is 22.4 Å². The molecule has 2 heterocycles. The van der Waals surface area contributed by atoms with Crippen LogP contribution in [0.1, 0.15) is 17.5 Å². The van der Waals surface area contributed by atoms with Crippen LogP contribution < -0.4 is 14.2 Å². The van der Waals surface area contributed by atoms with Crippen molar-refractivity contribution in [2.24, 2.45) is 0 Å². The third-order valence-electron chi connectivity index (χ3n) is 7.32. The molecule has 5 rings (SSSR count). The zero-order chi connectivity index (χ0) is 31.8. The van der Waals surface area contributed by atoms with E-state index in [9.17, 15) is 14.3 Å². The average molecular weight is 637 g/mol. The molecule has 0 spiro atoms. The van der Waals surface area contributed by atoms with Crippen molar-refractivity contribution in [2.45, 2.75) is 25.4 Å². The van der Waals surface area contributed by atoms with Crippen LogP contribution in [0.15, 0.2) is 66.9 Å². The first kappa shape index (κ1) is 32.4. The van der Waals surface area contributed by atoms with Crippen molar-refractivity contribution < 1.29 is 37.6 Å². The number of hydrogen-bond acceptors (Lipinski definition) is 9. The van der Waals surface area contributed by atoms with Gasteiger partial charge in [0.2, 0.25) is 0 Å². The summed E-state index contributed by atoms with van der Waals surface area (Å²) >= 11 is 5.40. The molecule has 1 aliphatic heterocycles. The molecule has 0 saturated carbocycles. The van der Waals surface area contributed by atoms with E-state index in [0.717, 1.165) is 13.1 Å². The largest absolute Gasteiger partial charge is 0.493 e. The molecule has 11 heteroatoms. The van der Waals surface area contributed by atoms with Crippen molar-refractivity contribution in [1.82, 2.24) is 9.88 Å². The highest BCUT2D eigenvalue weighted by Gasteiger charge is 2.18. The number of nitrogens with zero attached hydrogens (tertiary/aromatic N) is 2. The predicted molar refractivity (Wildman–Crippen MR) is 170 cm³/mol. The summed E-state index contributed by atoms with van der Waals surface area (Å²) in [7, 11) is 1.51. The maximum Gasteiger partial charge on any atom is 0.166 e. The van der Waals surface area contributed by atoms with Crippen LogP contribution in [0.2, 0.25) is 0 Å². The molecular weight excluding hydrogens is 602 g/mol. The summed E-state index contributed by atoms with van der Waals surface area (Å²) in [6.45, 7) is 3.36. The van der Waals surface area contributed by atoms with Crippen LogP contribution in [0.25, 0.3) is 10.9 Å². The number of fused-ring (bicyclic) bond motifs is 1. The number of hydrogen-bond donors (Lipinski definition) is 1. The van der Waals surface area contributed by atoms with Gasteiger partial charge in [-0.2, -0.15) is 0 Å². The number of methoxy groups -OCH3 is 1. The van der Waals surface area contributed by atoms with Crippen LogP contribution in [-0.4, -0.2) is 78.3 Å². The summed E-state index contributed by atoms with van der Waals surface area (Å²) in [5, 5.41) is 11.1. The molecule has 236 valence electrons. The van der Waals surface area contributed by atoms with Gasteiger partial charge in [-0.1, -0.05) is 30.4 Å². The molecule has 0 amide bonds. The molecule has 0 aliphatic carbocycles. The highest BCUT2D eigenvalue weighted by molar-refractivity contribution is 7.80. The summed E-state index contributed by atoms with van der Waals surface area (Å²) in [6.07, 6.45) is 1.32. The Kier molecular flexibility index (Phi) is 11.0. The zero-order valence-electron chi connectivity index (χ0n) is 24.8. The molecule has 1 aromatic heterocycles. The molecule has 0 radical (unpaired) electrons. The fraction of sp³-hybridized carbons (Fsp3) is 0.324. The number of ketones is 1. The second-order valence-corrected chi connectivity index (χ2v) is 11.4. The Balaban J connectivity index is 1.21. The predicted octanol–water partition coefficient (Wildman–Crippen LogP) is 5.50. The van der Waals surface area contributed by atoms with Crippen LogP contribution in [0.5, 0.6) is 23.0 Å². The third kappa shape index (κ3) is 9.01. The summed E-state index contributed by atoms with van der Waals surface area (Å²) in [5.74, 6) is 0.166. The fourth-order valence-electron chi connectivity index (χ4n) is 5.07. The normalized spacial score (nSPS) is 14.2. The van der Waals surface area contributed by atoms with E-state index in [2.05, 4.69) is 9.88 Å². The van der Waals surface area contributed by atoms with Gasteiger partial charge in [-0.3, -0.25) is 14.7 Å². The van der Waals surface area contributed by atoms with Gasteiger partial charge in [0.05, 0.1) is 25.8 Å². The summed E-state index contributed by atoms with van der Waals surface area (Å²) in [5.41, 5.74) is 1.86. The highest BCUT2D eigenvalue weighted by Crippen LogP contribution is 2.37. The number of Topliss-reactive ketones (excluding diaryl/α,β-unsaturated/α-hetero) is 1. The Morgan fingerprint density at radius 3 is 2.47 bits per heavy atom. The minimum Gasteiger partial charge on any atom is -0.493 e. The molecule has 45 heavy (non-hydrogen) atoms. The van der Waals surface area contributed by atoms with E-state index in [1.54, 1.807) is 42.6 Å². The SMILES string of the molecule is COc1cc2c(Oc3ccc(CC(=S)CC(=O)Cc4ccc(F)cc4)cc3F)ccnc2cc1OCC(O)CN1CCOCC1. The van der Waals surface area contributed by atoms with Gasteiger partial charge in [-0.05, 0) is 47.5 Å². The lowest BCUT2D eigenvalue weighted by molar-refractivity contribution is -0.117. The van der Waals surface area contributed by atoms with Gasteiger partial charge >= 0.3 is 0 Å². The van der Waals surface area contributed by atoms with Crippen molar-refractivity contribution in [3.05, 3.63) is 89.6 Å². The standard InChI is InChI=1S/C34H34F2N2O6S/c1-41-33-18-28-30(19-34(33)43-21-26(40)20-38-10-12-42-13-11-38)37-9-8-31(28)44-32-7-4-23(16-29(32)36)15-27(45)17-25(39)14-22-2-5-24(35)6-3-22/h2-9,16,18-19,26,40H,10-15,17,20-21H2,1H3. The lowest BCUT2D eigenvalue weighted by Crippen LogP contribution is -2.42. The van der Waals surface area contributed by atoms with Gasteiger partial charge < -0.3 is 24.1 Å². The first-order valence-corrected chi connectivity index (χ1v) is 15.0. The zero-order valence-corrected chi connectivity index (χ0v) is 25.7.